The summed E-state index contributed by atoms with van der Waals surface area (Å²) in [6.07, 6.45) is -1.32. The van der Waals surface area contributed by atoms with E-state index in [0.717, 1.165) is 5.56 Å². The van der Waals surface area contributed by atoms with Gasteiger partial charge in [-0.15, -0.1) is 0 Å². The Labute approximate surface area is 232 Å². The van der Waals surface area contributed by atoms with Crippen molar-refractivity contribution in [3.05, 3.63) is 71.9 Å². The molecule has 2 amide bonds. The summed E-state index contributed by atoms with van der Waals surface area (Å²) in [5.74, 6) is -1.57. The molecule has 214 valence electrons. The fourth-order valence-corrected chi connectivity index (χ4v) is 3.99. The van der Waals surface area contributed by atoms with Gasteiger partial charge in [-0.25, -0.2) is 14.4 Å². The molecule has 11 nitrogen and oxygen atoms in total. The Bertz CT molecular complexity index is 1340. The van der Waals surface area contributed by atoms with Crippen LogP contribution in [0.5, 0.6) is 0 Å². The Morgan fingerprint density at radius 3 is 2.25 bits per heavy atom. The monoisotopic (exact) mass is 553 g/mol. The van der Waals surface area contributed by atoms with E-state index < -0.39 is 47.9 Å². The summed E-state index contributed by atoms with van der Waals surface area (Å²) >= 11 is 0. The normalized spacial score (nSPS) is 13.6. The molecule has 3 rings (SSSR count). The number of alkyl carbamates (subject to hydrolysis) is 1. The molecule has 11 heteroatoms. The first-order valence-corrected chi connectivity index (χ1v) is 12.8. The van der Waals surface area contributed by atoms with Gasteiger partial charge in [-0.05, 0) is 44.9 Å². The van der Waals surface area contributed by atoms with E-state index in [1.165, 1.54) is 18.6 Å². The predicted molar refractivity (Wildman–Crippen MR) is 146 cm³/mol. The van der Waals surface area contributed by atoms with E-state index in [2.05, 4.69) is 10.6 Å². The minimum Gasteiger partial charge on any atom is -0.467 e. The molecule has 0 aliphatic heterocycles. The van der Waals surface area contributed by atoms with Gasteiger partial charge in [0, 0.05) is 18.0 Å². The highest BCUT2D eigenvalue weighted by molar-refractivity contribution is 5.94. The molecule has 40 heavy (non-hydrogen) atoms. The van der Waals surface area contributed by atoms with Gasteiger partial charge >= 0.3 is 18.2 Å². The van der Waals surface area contributed by atoms with Crippen LogP contribution in [0.1, 0.15) is 38.8 Å². The molecule has 3 atom stereocenters. The summed E-state index contributed by atoms with van der Waals surface area (Å²) in [5.41, 5.74) is 1.15. The van der Waals surface area contributed by atoms with E-state index in [-0.39, 0.29) is 13.0 Å². The molecular formula is C29H35N3O8. The van der Waals surface area contributed by atoms with Crippen LogP contribution >= 0.6 is 0 Å². The second-order valence-corrected chi connectivity index (χ2v) is 10.2. The van der Waals surface area contributed by atoms with Gasteiger partial charge in [-0.1, -0.05) is 48.5 Å². The Hall–Kier alpha value is -4.38. The van der Waals surface area contributed by atoms with Crippen LogP contribution in [0.15, 0.2) is 60.8 Å². The lowest BCUT2D eigenvalue weighted by Crippen LogP contribution is -2.56. The van der Waals surface area contributed by atoms with E-state index >= 15 is 0 Å². The SMILES string of the molecule is COC(=O)[C@H](Cc1cn(C(=O)OC(C)(C)C)c2ccccc12)NC(=O)[C@@H](NC(=O)OCc1ccccc1)[C@@H](C)O. The second kappa shape index (κ2) is 13.1. The van der Waals surface area contributed by atoms with Crippen molar-refractivity contribution in [2.24, 2.45) is 0 Å². The number of para-hydroxylation sites is 1. The van der Waals surface area contributed by atoms with Gasteiger partial charge in [0.05, 0.1) is 18.7 Å². The maximum Gasteiger partial charge on any atom is 0.419 e. The minimum absolute atomic E-state index is 0.0344. The molecular weight excluding hydrogens is 518 g/mol. The van der Waals surface area contributed by atoms with Crippen molar-refractivity contribution in [1.29, 1.82) is 0 Å². The Balaban J connectivity index is 1.78. The van der Waals surface area contributed by atoms with Crippen LogP contribution < -0.4 is 10.6 Å². The Morgan fingerprint density at radius 2 is 1.62 bits per heavy atom. The lowest BCUT2D eigenvalue weighted by molar-refractivity contribution is -0.145. The highest BCUT2D eigenvalue weighted by Gasteiger charge is 2.32. The van der Waals surface area contributed by atoms with E-state index in [1.807, 2.05) is 6.07 Å². The molecule has 0 aliphatic carbocycles. The lowest BCUT2D eigenvalue weighted by Gasteiger charge is -2.23. The highest BCUT2D eigenvalue weighted by Crippen LogP contribution is 2.24. The molecule has 0 aliphatic rings. The summed E-state index contributed by atoms with van der Waals surface area (Å²) in [4.78, 5) is 51.0. The van der Waals surface area contributed by atoms with Crippen molar-refractivity contribution in [3.63, 3.8) is 0 Å². The number of carbonyl (C=O) groups excluding carboxylic acids is 4. The fraction of sp³-hybridized carbons (Fsp3) is 0.379. The summed E-state index contributed by atoms with van der Waals surface area (Å²) in [6.45, 7) is 6.55. The minimum atomic E-state index is -1.42. The second-order valence-electron chi connectivity index (χ2n) is 10.2. The van der Waals surface area contributed by atoms with Crippen LogP contribution in [-0.4, -0.2) is 64.6 Å². The maximum absolute atomic E-state index is 13.1. The number of aliphatic hydroxyl groups is 1. The third-order valence-electron chi connectivity index (χ3n) is 5.86. The van der Waals surface area contributed by atoms with Crippen molar-refractivity contribution < 1.29 is 38.5 Å². The average molecular weight is 554 g/mol. The first kappa shape index (κ1) is 30.2. The Morgan fingerprint density at radius 1 is 0.975 bits per heavy atom. The van der Waals surface area contributed by atoms with Gasteiger partial charge in [0.1, 0.15) is 24.3 Å². The standard InChI is InChI=1S/C29H35N3O8/c1-18(33)24(31-27(36)39-17-19-11-7-6-8-12-19)25(34)30-22(26(35)38-5)15-20-16-32(28(37)40-29(2,3)4)23-14-10-9-13-21(20)23/h6-14,16,18,22,24,33H,15,17H2,1-5H3,(H,30,34)(H,31,36)/t18-,22+,24+/m1/s1. The zero-order valence-electron chi connectivity index (χ0n) is 23.2. The number of carbonyl (C=O) groups is 4. The molecule has 1 heterocycles. The number of rotatable bonds is 9. The molecule has 3 N–H and O–H groups in total. The van der Waals surface area contributed by atoms with Crippen molar-refractivity contribution in [2.45, 2.75) is 64.5 Å². The number of hydrogen-bond donors (Lipinski definition) is 3. The van der Waals surface area contributed by atoms with Gasteiger partial charge in [0.15, 0.2) is 0 Å². The number of hydrogen-bond acceptors (Lipinski definition) is 8. The summed E-state index contributed by atoms with van der Waals surface area (Å²) in [5, 5.41) is 15.8. The van der Waals surface area contributed by atoms with Crippen molar-refractivity contribution >= 4 is 35.0 Å². The number of nitrogens with one attached hydrogen (secondary N) is 2. The van der Waals surface area contributed by atoms with E-state index in [9.17, 15) is 24.3 Å². The van der Waals surface area contributed by atoms with Gasteiger partial charge < -0.3 is 30.0 Å². The van der Waals surface area contributed by atoms with Crippen LogP contribution in [0.25, 0.3) is 10.9 Å². The highest BCUT2D eigenvalue weighted by atomic mass is 16.6. The van der Waals surface area contributed by atoms with Crippen molar-refractivity contribution in [2.75, 3.05) is 7.11 Å². The number of aliphatic hydroxyl groups excluding tert-OH is 1. The molecule has 1 aromatic heterocycles. The third-order valence-corrected chi connectivity index (χ3v) is 5.86. The summed E-state index contributed by atoms with van der Waals surface area (Å²) in [7, 11) is 1.18. The number of benzene rings is 2. The lowest BCUT2D eigenvalue weighted by atomic mass is 10.0. The van der Waals surface area contributed by atoms with Gasteiger partial charge in [-0.2, -0.15) is 0 Å². The van der Waals surface area contributed by atoms with Gasteiger partial charge in [0.25, 0.3) is 0 Å². The van der Waals surface area contributed by atoms with Crippen molar-refractivity contribution in [1.82, 2.24) is 15.2 Å². The smallest absolute Gasteiger partial charge is 0.419 e. The first-order valence-electron chi connectivity index (χ1n) is 12.8. The van der Waals surface area contributed by atoms with Crippen LogP contribution in [0.3, 0.4) is 0 Å². The van der Waals surface area contributed by atoms with Crippen LogP contribution in [0.4, 0.5) is 9.59 Å². The van der Waals surface area contributed by atoms with Crippen LogP contribution in [-0.2, 0) is 36.8 Å². The molecule has 0 fully saturated rings. The molecule has 0 spiro atoms. The number of fused-ring (bicyclic) bond motifs is 1. The van der Waals surface area contributed by atoms with Crippen LogP contribution in [0.2, 0.25) is 0 Å². The average Bonchev–Trinajstić information content (AvgIpc) is 3.27. The molecule has 0 radical (unpaired) electrons. The number of aromatic nitrogens is 1. The number of ether oxygens (including phenoxy) is 3. The predicted octanol–water partition coefficient (Wildman–Crippen LogP) is 3.30. The number of esters is 1. The molecule has 0 bridgehead atoms. The fourth-order valence-electron chi connectivity index (χ4n) is 3.99. The number of methoxy groups -OCH3 is 1. The maximum atomic E-state index is 13.1. The largest absolute Gasteiger partial charge is 0.467 e. The molecule has 3 aromatic rings. The van der Waals surface area contributed by atoms with Crippen molar-refractivity contribution in [3.8, 4) is 0 Å². The molecule has 0 unspecified atom stereocenters. The van der Waals surface area contributed by atoms with E-state index in [1.54, 1.807) is 75.5 Å². The van der Waals surface area contributed by atoms with E-state index in [4.69, 9.17) is 14.2 Å². The first-order chi connectivity index (χ1) is 18.9. The zero-order valence-corrected chi connectivity index (χ0v) is 23.2. The number of amides is 2. The summed E-state index contributed by atoms with van der Waals surface area (Å²) < 4.78 is 16.9. The molecule has 2 aromatic carbocycles. The quantitative estimate of drug-likeness (QED) is 0.270. The van der Waals surface area contributed by atoms with Crippen LogP contribution in [0, 0.1) is 0 Å². The van der Waals surface area contributed by atoms with Gasteiger partial charge in [-0.3, -0.25) is 9.36 Å². The Kier molecular flexibility index (Phi) is 9.89. The molecule has 0 saturated carbocycles. The summed E-state index contributed by atoms with van der Waals surface area (Å²) in [6, 6.07) is 13.4. The third kappa shape index (κ3) is 8.06. The molecule has 0 saturated heterocycles. The zero-order chi connectivity index (χ0) is 29.4. The van der Waals surface area contributed by atoms with Gasteiger partial charge in [0.2, 0.25) is 5.91 Å². The van der Waals surface area contributed by atoms with E-state index in [0.29, 0.717) is 16.5 Å². The number of nitrogens with zero attached hydrogens (tertiary/aromatic N) is 1. The topological polar surface area (TPSA) is 145 Å².